The number of ether oxygens (including phenoxy) is 1. The van der Waals surface area contributed by atoms with E-state index in [9.17, 15) is 4.79 Å². The zero-order chi connectivity index (χ0) is 10.7. The number of aromatic nitrogens is 1. The third-order valence-corrected chi connectivity index (χ3v) is 2.25. The summed E-state index contributed by atoms with van der Waals surface area (Å²) >= 11 is 5.51. The van der Waals surface area contributed by atoms with Crippen molar-refractivity contribution in [3.63, 3.8) is 0 Å². The minimum Gasteiger partial charge on any atom is -0.492 e. The predicted molar refractivity (Wildman–Crippen MR) is 60.8 cm³/mol. The van der Waals surface area contributed by atoms with Gasteiger partial charge in [0, 0.05) is 6.20 Å². The van der Waals surface area contributed by atoms with Crippen molar-refractivity contribution in [1.82, 2.24) is 4.98 Å². The van der Waals surface area contributed by atoms with Crippen molar-refractivity contribution < 1.29 is 4.74 Å². The third kappa shape index (κ3) is 2.13. The van der Waals surface area contributed by atoms with Crippen LogP contribution in [0.25, 0.3) is 10.8 Å². The molecule has 0 unspecified atom stereocenters. The number of hydrogen-bond acceptors (Lipinski definition) is 2. The number of pyridine rings is 1. The van der Waals surface area contributed by atoms with Crippen molar-refractivity contribution in [3.8, 4) is 5.75 Å². The molecule has 0 amide bonds. The van der Waals surface area contributed by atoms with Gasteiger partial charge in [0.15, 0.2) is 0 Å². The van der Waals surface area contributed by atoms with Gasteiger partial charge in [0.05, 0.1) is 11.3 Å². The highest BCUT2D eigenvalue weighted by molar-refractivity contribution is 6.18. The molecule has 1 aromatic heterocycles. The monoisotopic (exact) mass is 223 g/mol. The zero-order valence-corrected chi connectivity index (χ0v) is 8.75. The maximum absolute atomic E-state index is 11.5. The van der Waals surface area contributed by atoms with Crippen molar-refractivity contribution >= 4 is 22.4 Å². The fourth-order valence-electron chi connectivity index (χ4n) is 1.41. The van der Waals surface area contributed by atoms with Crippen molar-refractivity contribution in [1.29, 1.82) is 0 Å². The Morgan fingerprint density at radius 2 is 2.20 bits per heavy atom. The number of benzene rings is 1. The first-order valence-corrected chi connectivity index (χ1v) is 5.15. The van der Waals surface area contributed by atoms with E-state index in [1.165, 1.54) is 0 Å². The molecule has 2 rings (SSSR count). The number of aromatic amines is 1. The Hall–Kier alpha value is -1.48. The largest absolute Gasteiger partial charge is 0.492 e. The standard InChI is InChI=1S/C11H10ClNO2/c12-4-6-15-9-2-1-8-3-5-13-11(14)10(8)7-9/h1-3,5,7H,4,6H2,(H,13,14). The number of hydrogen-bond donors (Lipinski definition) is 1. The van der Waals surface area contributed by atoms with Crippen LogP contribution in [0.5, 0.6) is 5.75 Å². The van der Waals surface area contributed by atoms with Crippen molar-refractivity contribution in [2.24, 2.45) is 0 Å². The topological polar surface area (TPSA) is 42.1 Å². The molecule has 0 fully saturated rings. The number of halogens is 1. The lowest BCUT2D eigenvalue weighted by atomic mass is 10.2. The summed E-state index contributed by atoms with van der Waals surface area (Å²) in [7, 11) is 0. The van der Waals surface area contributed by atoms with Crippen LogP contribution in [0.15, 0.2) is 35.3 Å². The minimum atomic E-state index is -0.108. The lowest BCUT2D eigenvalue weighted by Crippen LogP contribution is -2.05. The molecule has 0 saturated heterocycles. The third-order valence-electron chi connectivity index (χ3n) is 2.09. The molecule has 0 radical (unpaired) electrons. The van der Waals surface area contributed by atoms with Crippen LogP contribution in [0, 0.1) is 0 Å². The van der Waals surface area contributed by atoms with Gasteiger partial charge in [0.2, 0.25) is 0 Å². The molecule has 0 aliphatic carbocycles. The molecule has 15 heavy (non-hydrogen) atoms. The van der Waals surface area contributed by atoms with Crippen LogP contribution >= 0.6 is 11.6 Å². The Labute approximate surface area is 91.6 Å². The quantitative estimate of drug-likeness (QED) is 0.811. The van der Waals surface area contributed by atoms with E-state index in [0.717, 1.165) is 5.39 Å². The molecule has 1 heterocycles. The Balaban J connectivity index is 2.45. The molecular weight excluding hydrogens is 214 g/mol. The van der Waals surface area contributed by atoms with Crippen LogP contribution < -0.4 is 10.3 Å². The van der Waals surface area contributed by atoms with Crippen LogP contribution in [0.1, 0.15) is 0 Å². The Kier molecular flexibility index (Phi) is 2.92. The number of alkyl halides is 1. The van der Waals surface area contributed by atoms with Gasteiger partial charge in [-0.1, -0.05) is 6.07 Å². The second kappa shape index (κ2) is 4.36. The van der Waals surface area contributed by atoms with Gasteiger partial charge in [-0.3, -0.25) is 4.79 Å². The number of rotatable bonds is 3. The molecule has 2 aromatic rings. The molecule has 1 N–H and O–H groups in total. The summed E-state index contributed by atoms with van der Waals surface area (Å²) < 4.78 is 5.33. The van der Waals surface area contributed by atoms with E-state index in [-0.39, 0.29) is 5.56 Å². The maximum Gasteiger partial charge on any atom is 0.255 e. The van der Waals surface area contributed by atoms with Gasteiger partial charge in [-0.2, -0.15) is 0 Å². The van der Waals surface area contributed by atoms with Gasteiger partial charge in [-0.15, -0.1) is 11.6 Å². The first kappa shape index (κ1) is 10.1. The van der Waals surface area contributed by atoms with Crippen LogP contribution in [0.3, 0.4) is 0 Å². The Morgan fingerprint density at radius 3 is 3.00 bits per heavy atom. The molecule has 4 heteroatoms. The highest BCUT2D eigenvalue weighted by Crippen LogP contribution is 2.17. The molecule has 0 aliphatic rings. The molecule has 0 bridgehead atoms. The molecule has 0 aliphatic heterocycles. The Bertz CT molecular complexity index is 521. The number of H-pyrrole nitrogens is 1. The fourth-order valence-corrected chi connectivity index (χ4v) is 1.49. The van der Waals surface area contributed by atoms with E-state index in [2.05, 4.69) is 4.98 Å². The molecule has 3 nitrogen and oxygen atoms in total. The van der Waals surface area contributed by atoms with Gasteiger partial charge in [0.1, 0.15) is 12.4 Å². The summed E-state index contributed by atoms with van der Waals surface area (Å²) in [5, 5.41) is 1.53. The normalized spacial score (nSPS) is 10.5. The Morgan fingerprint density at radius 1 is 1.33 bits per heavy atom. The SMILES string of the molecule is O=c1[nH]ccc2ccc(OCCCl)cc12. The average Bonchev–Trinajstić information content (AvgIpc) is 2.27. The lowest BCUT2D eigenvalue weighted by molar-refractivity contribution is 0.343. The fraction of sp³-hybridized carbons (Fsp3) is 0.182. The van der Waals surface area contributed by atoms with Gasteiger partial charge in [-0.05, 0) is 23.6 Å². The van der Waals surface area contributed by atoms with Gasteiger partial charge in [0.25, 0.3) is 5.56 Å². The number of fused-ring (bicyclic) bond motifs is 1. The van der Waals surface area contributed by atoms with Crippen LogP contribution in [0.4, 0.5) is 0 Å². The van der Waals surface area contributed by atoms with E-state index in [1.54, 1.807) is 12.3 Å². The van der Waals surface area contributed by atoms with Gasteiger partial charge < -0.3 is 9.72 Å². The van der Waals surface area contributed by atoms with Crippen molar-refractivity contribution in [2.45, 2.75) is 0 Å². The minimum absolute atomic E-state index is 0.108. The van der Waals surface area contributed by atoms with E-state index >= 15 is 0 Å². The molecule has 1 aromatic carbocycles. The molecule has 0 saturated carbocycles. The summed E-state index contributed by atoms with van der Waals surface area (Å²) in [6.45, 7) is 0.442. The second-order valence-corrected chi connectivity index (χ2v) is 3.47. The summed E-state index contributed by atoms with van der Waals surface area (Å²) in [4.78, 5) is 14.1. The number of nitrogens with one attached hydrogen (secondary N) is 1. The van der Waals surface area contributed by atoms with Crippen LogP contribution in [-0.2, 0) is 0 Å². The smallest absolute Gasteiger partial charge is 0.255 e. The van der Waals surface area contributed by atoms with E-state index in [4.69, 9.17) is 16.3 Å². The van der Waals surface area contributed by atoms with Crippen molar-refractivity contribution in [3.05, 3.63) is 40.8 Å². The average molecular weight is 224 g/mol. The summed E-state index contributed by atoms with van der Waals surface area (Å²) in [5.74, 6) is 1.10. The predicted octanol–water partition coefficient (Wildman–Crippen LogP) is 2.15. The van der Waals surface area contributed by atoms with Crippen LogP contribution in [-0.4, -0.2) is 17.5 Å². The van der Waals surface area contributed by atoms with E-state index in [0.29, 0.717) is 23.6 Å². The molecule has 78 valence electrons. The molecular formula is C11H10ClNO2. The molecule has 0 atom stereocenters. The highest BCUT2D eigenvalue weighted by atomic mass is 35.5. The molecule has 0 spiro atoms. The van der Waals surface area contributed by atoms with E-state index < -0.39 is 0 Å². The van der Waals surface area contributed by atoms with Crippen LogP contribution in [0.2, 0.25) is 0 Å². The second-order valence-electron chi connectivity index (χ2n) is 3.09. The maximum atomic E-state index is 11.5. The highest BCUT2D eigenvalue weighted by Gasteiger charge is 2.00. The summed E-state index contributed by atoms with van der Waals surface area (Å²) in [6, 6.07) is 7.26. The van der Waals surface area contributed by atoms with Gasteiger partial charge in [-0.25, -0.2) is 0 Å². The van der Waals surface area contributed by atoms with Crippen molar-refractivity contribution in [2.75, 3.05) is 12.5 Å². The first-order valence-electron chi connectivity index (χ1n) is 4.61. The summed E-state index contributed by atoms with van der Waals surface area (Å²) in [5.41, 5.74) is -0.108. The van der Waals surface area contributed by atoms with E-state index in [1.807, 2.05) is 18.2 Å². The van der Waals surface area contributed by atoms with Gasteiger partial charge >= 0.3 is 0 Å². The zero-order valence-electron chi connectivity index (χ0n) is 8.00. The first-order chi connectivity index (χ1) is 7.31. The summed E-state index contributed by atoms with van der Waals surface area (Å²) in [6.07, 6.45) is 1.63. The lowest BCUT2D eigenvalue weighted by Gasteiger charge is -2.04.